The van der Waals surface area contributed by atoms with Crippen LogP contribution in [0.1, 0.15) is 0 Å². The minimum atomic E-state index is -1.78. The molecule has 0 aromatic rings. The van der Waals surface area contributed by atoms with Crippen LogP contribution in [0.2, 0.25) is 0 Å². The fourth-order valence-corrected chi connectivity index (χ4v) is 1.32. The third-order valence-corrected chi connectivity index (χ3v) is 2.31. The highest BCUT2D eigenvalue weighted by molar-refractivity contribution is 8.52. The van der Waals surface area contributed by atoms with E-state index in [2.05, 4.69) is 4.74 Å². The number of rotatable bonds is 4. The Bertz CT molecular complexity index is 51.8. The van der Waals surface area contributed by atoms with E-state index in [4.69, 9.17) is 9.79 Å². The van der Waals surface area contributed by atoms with E-state index >= 15 is 0 Å². The molecule has 0 aliphatic carbocycles. The second kappa shape index (κ2) is 5.79. The summed E-state index contributed by atoms with van der Waals surface area (Å²) >= 11 is 1.11. The summed E-state index contributed by atoms with van der Waals surface area (Å²) in [5, 5.41) is 0. The highest BCUT2D eigenvalue weighted by atomic mass is 32.7. The van der Waals surface area contributed by atoms with Crippen molar-refractivity contribution in [3.63, 3.8) is 0 Å². The molecule has 0 saturated heterocycles. The Morgan fingerprint density at radius 2 is 2.25 bits per heavy atom. The molecule has 0 spiro atoms. The molecule has 5 heteroatoms. The molecule has 0 bridgehead atoms. The molecular formula is C3H9O3PS. The lowest BCUT2D eigenvalue weighted by atomic mass is 10.9. The normalized spacial score (nSPS) is 10.5. The minimum absolute atomic E-state index is 0.574. The summed E-state index contributed by atoms with van der Waals surface area (Å²) in [6.45, 7) is 0.574. The summed E-state index contributed by atoms with van der Waals surface area (Å²) in [7, 11) is -0.194. The van der Waals surface area contributed by atoms with Crippen LogP contribution >= 0.6 is 19.0 Å². The molecule has 0 saturated carbocycles. The van der Waals surface area contributed by atoms with Crippen LogP contribution in [0.3, 0.4) is 0 Å². The van der Waals surface area contributed by atoms with Gasteiger partial charge in [-0.25, -0.2) is 0 Å². The van der Waals surface area contributed by atoms with Gasteiger partial charge in [0.15, 0.2) is 0 Å². The molecule has 0 fully saturated rings. The van der Waals surface area contributed by atoms with Crippen molar-refractivity contribution in [3.8, 4) is 0 Å². The smallest absolute Gasteiger partial charge is 0.232 e. The summed E-state index contributed by atoms with van der Waals surface area (Å²) in [4.78, 5) is 16.6. The zero-order chi connectivity index (χ0) is 6.41. The van der Waals surface area contributed by atoms with Gasteiger partial charge in [-0.3, -0.25) is 0 Å². The lowest BCUT2D eigenvalue weighted by Crippen LogP contribution is -1.89. The van der Waals surface area contributed by atoms with Gasteiger partial charge >= 0.3 is 0 Å². The Hall–Kier alpha value is 0.660. The predicted molar refractivity (Wildman–Crippen MR) is 35.7 cm³/mol. The van der Waals surface area contributed by atoms with Crippen LogP contribution in [-0.2, 0) is 4.74 Å². The van der Waals surface area contributed by atoms with Gasteiger partial charge in [0, 0.05) is 12.9 Å². The zero-order valence-electron chi connectivity index (χ0n) is 4.57. The molecular weight excluding hydrogens is 147 g/mol. The average Bonchev–Trinajstić information content (AvgIpc) is 1.66. The van der Waals surface area contributed by atoms with Crippen LogP contribution in [-0.4, -0.2) is 29.3 Å². The maximum Gasteiger partial charge on any atom is 0.232 e. The van der Waals surface area contributed by atoms with Gasteiger partial charge < -0.3 is 14.5 Å². The van der Waals surface area contributed by atoms with Crippen molar-refractivity contribution in [3.05, 3.63) is 0 Å². The van der Waals surface area contributed by atoms with E-state index in [0.717, 1.165) is 11.4 Å². The molecule has 50 valence electrons. The molecule has 8 heavy (non-hydrogen) atoms. The minimum Gasteiger partial charge on any atom is -0.384 e. The van der Waals surface area contributed by atoms with Gasteiger partial charge in [-0.2, -0.15) is 0 Å². The molecule has 0 aliphatic heterocycles. The summed E-state index contributed by atoms with van der Waals surface area (Å²) in [6.07, 6.45) is 0. The molecule has 2 N–H and O–H groups in total. The SMILES string of the molecule is COCCSP(O)O. The lowest BCUT2D eigenvalue weighted by molar-refractivity contribution is 0.219. The van der Waals surface area contributed by atoms with E-state index in [9.17, 15) is 0 Å². The molecule has 0 unspecified atom stereocenters. The van der Waals surface area contributed by atoms with Gasteiger partial charge in [-0.05, 0) is 0 Å². The van der Waals surface area contributed by atoms with Gasteiger partial charge in [0.25, 0.3) is 0 Å². The van der Waals surface area contributed by atoms with E-state index in [-0.39, 0.29) is 0 Å². The topological polar surface area (TPSA) is 49.7 Å². The molecule has 0 aromatic carbocycles. The van der Waals surface area contributed by atoms with Crippen LogP contribution in [0.15, 0.2) is 0 Å². The van der Waals surface area contributed by atoms with E-state index in [1.165, 1.54) is 0 Å². The predicted octanol–water partition coefficient (Wildman–Crippen LogP) is 0.577. The molecule has 0 aromatic heterocycles. The van der Waals surface area contributed by atoms with Crippen molar-refractivity contribution in [2.45, 2.75) is 0 Å². The van der Waals surface area contributed by atoms with Crippen molar-refractivity contribution >= 4 is 19.0 Å². The summed E-state index contributed by atoms with van der Waals surface area (Å²) in [5.74, 6) is 0.648. The summed E-state index contributed by atoms with van der Waals surface area (Å²) in [5.41, 5.74) is 0. The van der Waals surface area contributed by atoms with Gasteiger partial charge in [0.05, 0.1) is 6.61 Å². The Morgan fingerprint density at radius 3 is 2.62 bits per heavy atom. The van der Waals surface area contributed by atoms with E-state index in [0.29, 0.717) is 12.4 Å². The van der Waals surface area contributed by atoms with Gasteiger partial charge in [-0.15, -0.1) is 0 Å². The van der Waals surface area contributed by atoms with Gasteiger partial charge in [0.2, 0.25) is 7.58 Å². The summed E-state index contributed by atoms with van der Waals surface area (Å²) in [6, 6.07) is 0. The second-order valence-electron chi connectivity index (χ2n) is 1.08. The van der Waals surface area contributed by atoms with Crippen LogP contribution in [0.5, 0.6) is 0 Å². The Morgan fingerprint density at radius 1 is 1.62 bits per heavy atom. The average molecular weight is 156 g/mol. The Balaban J connectivity index is 2.72. The molecule has 0 atom stereocenters. The molecule has 0 heterocycles. The fourth-order valence-electron chi connectivity index (χ4n) is 0.202. The largest absolute Gasteiger partial charge is 0.384 e. The highest BCUT2D eigenvalue weighted by Crippen LogP contribution is 2.39. The van der Waals surface area contributed by atoms with Crippen molar-refractivity contribution < 1.29 is 14.5 Å². The quantitative estimate of drug-likeness (QED) is 0.461. The first kappa shape index (κ1) is 8.66. The number of ether oxygens (including phenoxy) is 1. The molecule has 0 rings (SSSR count). The van der Waals surface area contributed by atoms with Crippen LogP contribution < -0.4 is 0 Å². The van der Waals surface area contributed by atoms with E-state index in [1.807, 2.05) is 0 Å². The first-order chi connectivity index (χ1) is 3.77. The van der Waals surface area contributed by atoms with Gasteiger partial charge in [-0.1, -0.05) is 11.4 Å². The maximum atomic E-state index is 8.31. The first-order valence-corrected chi connectivity index (χ1v) is 4.91. The Labute approximate surface area is 53.7 Å². The monoisotopic (exact) mass is 156 g/mol. The van der Waals surface area contributed by atoms with Crippen molar-refractivity contribution in [2.24, 2.45) is 0 Å². The van der Waals surface area contributed by atoms with E-state index < -0.39 is 7.58 Å². The standard InChI is InChI=1S/C3H9O3PS/c1-6-2-3-8-7(4)5/h4-5H,2-3H2,1H3. The third-order valence-electron chi connectivity index (χ3n) is 0.494. The van der Waals surface area contributed by atoms with Crippen molar-refractivity contribution in [2.75, 3.05) is 19.5 Å². The highest BCUT2D eigenvalue weighted by Gasteiger charge is 1.96. The van der Waals surface area contributed by atoms with Crippen molar-refractivity contribution in [1.29, 1.82) is 0 Å². The van der Waals surface area contributed by atoms with Gasteiger partial charge in [0.1, 0.15) is 0 Å². The fraction of sp³-hybridized carbons (Fsp3) is 1.00. The number of hydrogen-bond acceptors (Lipinski definition) is 4. The second-order valence-corrected chi connectivity index (χ2v) is 4.01. The Kier molecular flexibility index (Phi) is 6.27. The van der Waals surface area contributed by atoms with Crippen LogP contribution in [0, 0.1) is 0 Å². The van der Waals surface area contributed by atoms with E-state index in [1.54, 1.807) is 7.11 Å². The van der Waals surface area contributed by atoms with Crippen LogP contribution in [0.4, 0.5) is 0 Å². The first-order valence-electron chi connectivity index (χ1n) is 2.07. The molecule has 0 amide bonds. The van der Waals surface area contributed by atoms with Crippen LogP contribution in [0.25, 0.3) is 0 Å². The number of hydrogen-bond donors (Lipinski definition) is 2. The summed E-state index contributed by atoms with van der Waals surface area (Å²) < 4.78 is 4.66. The molecule has 3 nitrogen and oxygen atoms in total. The molecule has 0 radical (unpaired) electrons. The molecule has 0 aliphatic rings. The van der Waals surface area contributed by atoms with Crippen molar-refractivity contribution in [1.82, 2.24) is 0 Å². The lowest BCUT2D eigenvalue weighted by Gasteiger charge is -1.98. The zero-order valence-corrected chi connectivity index (χ0v) is 6.28. The third kappa shape index (κ3) is 6.66. The number of methoxy groups -OCH3 is 1. The maximum absolute atomic E-state index is 8.31.